The van der Waals surface area contributed by atoms with Crippen molar-refractivity contribution < 1.29 is 18.3 Å². The molecule has 18 heavy (non-hydrogen) atoms. The van der Waals surface area contributed by atoms with Gasteiger partial charge in [-0.25, -0.2) is 0 Å². The molecule has 0 aromatic heterocycles. The van der Waals surface area contributed by atoms with Gasteiger partial charge in [0.25, 0.3) is 0 Å². The fourth-order valence-corrected chi connectivity index (χ4v) is 1.93. The summed E-state index contributed by atoms with van der Waals surface area (Å²) in [6, 6.07) is 11.6. The van der Waals surface area contributed by atoms with Crippen LogP contribution in [-0.4, -0.2) is 17.9 Å². The molecule has 0 amide bonds. The van der Waals surface area contributed by atoms with E-state index < -0.39 is 18.4 Å². The molecule has 0 atom stereocenters. The second-order valence-electron chi connectivity index (χ2n) is 3.82. The van der Waals surface area contributed by atoms with Crippen LogP contribution >= 0.6 is 0 Å². The lowest BCUT2D eigenvalue weighted by Gasteiger charge is -2.14. The normalized spacial score (nSPS) is 13.0. The number of halogens is 3. The van der Waals surface area contributed by atoms with Crippen LogP contribution in [0.5, 0.6) is 0 Å². The number of aliphatic hydroxyl groups is 1. The minimum Gasteiger partial charge on any atom is -0.392 e. The highest BCUT2D eigenvalue weighted by Gasteiger charge is 2.34. The summed E-state index contributed by atoms with van der Waals surface area (Å²) in [5.74, 6) is 0. The smallest absolute Gasteiger partial charge is 0.392 e. The topological polar surface area (TPSA) is 20.2 Å². The quantitative estimate of drug-likeness (QED) is 0.862. The van der Waals surface area contributed by atoms with E-state index in [2.05, 4.69) is 0 Å². The Morgan fingerprint density at radius 3 is 2.39 bits per heavy atom. The number of benzene rings is 2. The van der Waals surface area contributed by atoms with Gasteiger partial charge in [-0.3, -0.25) is 0 Å². The van der Waals surface area contributed by atoms with Crippen molar-refractivity contribution in [1.82, 2.24) is 0 Å². The molecule has 0 unspecified atom stereocenters. The molecule has 4 heteroatoms. The van der Waals surface area contributed by atoms with Gasteiger partial charge in [0.2, 0.25) is 0 Å². The fraction of sp³-hybridized carbons (Fsp3) is 0.143. The molecule has 0 aliphatic heterocycles. The molecule has 0 saturated carbocycles. The van der Waals surface area contributed by atoms with E-state index in [-0.39, 0.29) is 5.56 Å². The molecule has 1 nitrogen and oxygen atoms in total. The first-order chi connectivity index (χ1) is 8.54. The van der Waals surface area contributed by atoms with E-state index in [0.717, 1.165) is 11.5 Å². The van der Waals surface area contributed by atoms with Gasteiger partial charge in [0, 0.05) is 0 Å². The van der Waals surface area contributed by atoms with Crippen molar-refractivity contribution in [2.45, 2.75) is 6.18 Å². The Hall–Kier alpha value is -1.81. The van der Waals surface area contributed by atoms with Crippen molar-refractivity contribution in [3.8, 4) is 0 Å². The molecule has 0 heterocycles. The summed E-state index contributed by atoms with van der Waals surface area (Å²) < 4.78 is 38.8. The molecule has 94 valence electrons. The highest BCUT2D eigenvalue weighted by Crippen LogP contribution is 2.36. The molecule has 0 saturated heterocycles. The van der Waals surface area contributed by atoms with Crippen LogP contribution in [0.25, 0.3) is 16.3 Å². The van der Waals surface area contributed by atoms with E-state index in [9.17, 15) is 13.2 Å². The Kier molecular flexibility index (Phi) is 3.39. The van der Waals surface area contributed by atoms with Gasteiger partial charge >= 0.3 is 6.18 Å². The van der Waals surface area contributed by atoms with Crippen LogP contribution in [0.1, 0.15) is 5.56 Å². The molecule has 0 spiro atoms. The van der Waals surface area contributed by atoms with Crippen LogP contribution < -0.4 is 0 Å². The lowest BCUT2D eigenvalue weighted by Crippen LogP contribution is -2.11. The van der Waals surface area contributed by atoms with E-state index in [1.165, 1.54) is 6.07 Å². The highest BCUT2D eigenvalue weighted by atomic mass is 19.4. The molecular weight excluding hydrogens is 241 g/mol. The molecule has 0 bridgehead atoms. The van der Waals surface area contributed by atoms with Crippen LogP contribution in [-0.2, 0) is 0 Å². The molecule has 0 aliphatic carbocycles. The Bertz CT molecular complexity index is 580. The van der Waals surface area contributed by atoms with E-state index in [1.54, 1.807) is 36.4 Å². The third kappa shape index (κ3) is 2.38. The zero-order valence-electron chi connectivity index (χ0n) is 9.41. The van der Waals surface area contributed by atoms with Crippen LogP contribution in [0, 0.1) is 0 Å². The second-order valence-corrected chi connectivity index (χ2v) is 3.82. The number of alkyl halides is 3. The van der Waals surface area contributed by atoms with Crippen LogP contribution in [0.3, 0.4) is 0 Å². The SMILES string of the molecule is OC/C=C(\c1cccc2ccccc12)C(F)(F)F. The molecule has 0 aliphatic rings. The highest BCUT2D eigenvalue weighted by molar-refractivity contribution is 5.94. The van der Waals surface area contributed by atoms with Gasteiger partial charge in [0.1, 0.15) is 0 Å². The number of fused-ring (bicyclic) bond motifs is 1. The molecular formula is C14H11F3O. The number of allylic oxidation sites excluding steroid dienone is 1. The minimum absolute atomic E-state index is 0.0923. The molecule has 0 radical (unpaired) electrons. The van der Waals surface area contributed by atoms with E-state index in [4.69, 9.17) is 5.11 Å². The van der Waals surface area contributed by atoms with Gasteiger partial charge in [-0.2, -0.15) is 13.2 Å². The van der Waals surface area contributed by atoms with Crippen molar-refractivity contribution in [2.75, 3.05) is 6.61 Å². The third-order valence-corrected chi connectivity index (χ3v) is 2.68. The van der Waals surface area contributed by atoms with Crippen molar-refractivity contribution in [1.29, 1.82) is 0 Å². The summed E-state index contributed by atoms with van der Waals surface area (Å²) in [5, 5.41) is 10.0. The van der Waals surface area contributed by atoms with Crippen molar-refractivity contribution >= 4 is 16.3 Å². The second kappa shape index (κ2) is 4.82. The Morgan fingerprint density at radius 1 is 1.06 bits per heavy atom. The van der Waals surface area contributed by atoms with E-state index in [1.807, 2.05) is 0 Å². The Morgan fingerprint density at radius 2 is 1.72 bits per heavy atom. The average molecular weight is 252 g/mol. The number of hydrogen-bond donors (Lipinski definition) is 1. The number of hydrogen-bond acceptors (Lipinski definition) is 1. The monoisotopic (exact) mass is 252 g/mol. The summed E-state index contributed by atoms with van der Waals surface area (Å²) in [5.41, 5.74) is -0.712. The van der Waals surface area contributed by atoms with Crippen LogP contribution in [0.2, 0.25) is 0 Å². The zero-order chi connectivity index (χ0) is 13.2. The lowest BCUT2D eigenvalue weighted by molar-refractivity contribution is -0.0691. The molecule has 1 N–H and O–H groups in total. The van der Waals surface area contributed by atoms with Crippen LogP contribution in [0.15, 0.2) is 48.5 Å². The van der Waals surface area contributed by atoms with Gasteiger partial charge in [0.15, 0.2) is 0 Å². The first-order valence-corrected chi connectivity index (χ1v) is 5.40. The number of aliphatic hydroxyl groups excluding tert-OH is 1. The van der Waals surface area contributed by atoms with Gasteiger partial charge in [-0.1, -0.05) is 42.5 Å². The van der Waals surface area contributed by atoms with Gasteiger partial charge < -0.3 is 5.11 Å². The van der Waals surface area contributed by atoms with Gasteiger partial charge in [-0.15, -0.1) is 0 Å². The number of rotatable bonds is 2. The first-order valence-electron chi connectivity index (χ1n) is 5.40. The van der Waals surface area contributed by atoms with Crippen molar-refractivity contribution in [3.05, 3.63) is 54.1 Å². The van der Waals surface area contributed by atoms with Gasteiger partial charge in [0.05, 0.1) is 12.2 Å². The summed E-state index contributed by atoms with van der Waals surface area (Å²) in [7, 11) is 0. The maximum atomic E-state index is 12.9. The first kappa shape index (κ1) is 12.6. The third-order valence-electron chi connectivity index (χ3n) is 2.68. The maximum absolute atomic E-state index is 12.9. The Balaban J connectivity index is 2.69. The summed E-state index contributed by atoms with van der Waals surface area (Å²) >= 11 is 0. The largest absolute Gasteiger partial charge is 0.416 e. The zero-order valence-corrected chi connectivity index (χ0v) is 9.41. The van der Waals surface area contributed by atoms with Crippen LogP contribution in [0.4, 0.5) is 13.2 Å². The van der Waals surface area contributed by atoms with Gasteiger partial charge in [-0.05, 0) is 22.4 Å². The molecule has 2 rings (SSSR count). The minimum atomic E-state index is -4.48. The standard InChI is InChI=1S/C14H11F3O/c15-14(16,17)13(8-9-18)12-7-3-5-10-4-1-2-6-11(10)12/h1-8,18H,9H2/b13-8+. The summed E-state index contributed by atoms with van der Waals surface area (Å²) in [6.45, 7) is -0.641. The van der Waals surface area contributed by atoms with Crippen molar-refractivity contribution in [2.24, 2.45) is 0 Å². The predicted octanol–water partition coefficient (Wildman–Crippen LogP) is 3.78. The van der Waals surface area contributed by atoms with E-state index >= 15 is 0 Å². The molecule has 2 aromatic carbocycles. The summed E-state index contributed by atoms with van der Waals surface area (Å²) in [4.78, 5) is 0. The summed E-state index contributed by atoms with van der Waals surface area (Å²) in [6.07, 6.45) is -3.69. The maximum Gasteiger partial charge on any atom is 0.416 e. The lowest BCUT2D eigenvalue weighted by atomic mass is 9.97. The fourth-order valence-electron chi connectivity index (χ4n) is 1.93. The Labute approximate surface area is 102 Å². The van der Waals surface area contributed by atoms with Crippen molar-refractivity contribution in [3.63, 3.8) is 0 Å². The van der Waals surface area contributed by atoms with E-state index in [0.29, 0.717) is 5.39 Å². The molecule has 2 aromatic rings. The molecule has 0 fully saturated rings. The average Bonchev–Trinajstić information content (AvgIpc) is 2.34. The predicted molar refractivity (Wildman–Crippen MR) is 65.1 cm³/mol.